The fraction of sp³-hybridized carbons (Fsp3) is 0.436. The summed E-state index contributed by atoms with van der Waals surface area (Å²) in [5.41, 5.74) is 2.48. The Balaban J connectivity index is 1.12. The third-order valence-corrected chi connectivity index (χ3v) is 10.7. The molecule has 4 aliphatic heterocycles. The average Bonchev–Trinajstić information content (AvgIpc) is 3.13. The predicted octanol–water partition coefficient (Wildman–Crippen LogP) is 2.35. The van der Waals surface area contributed by atoms with E-state index in [1.54, 1.807) is 50.2 Å². The van der Waals surface area contributed by atoms with Gasteiger partial charge in [-0.2, -0.15) is 0 Å². The predicted molar refractivity (Wildman–Crippen MR) is 198 cm³/mol. The highest BCUT2D eigenvalue weighted by Gasteiger charge is 2.51. The Bertz CT molecular complexity index is 1730. The number of carbonyl (C=O) groups excluding carboxylic acids is 3. The maximum atomic E-state index is 14.4. The maximum absolute atomic E-state index is 14.4. The van der Waals surface area contributed by atoms with Gasteiger partial charge in [-0.05, 0) is 41.9 Å². The van der Waals surface area contributed by atoms with E-state index in [1.807, 2.05) is 48.5 Å². The molecular weight excluding hydrogens is 658 g/mol. The molecule has 0 spiro atoms. The van der Waals surface area contributed by atoms with Gasteiger partial charge >= 0.3 is 6.03 Å². The second kappa shape index (κ2) is 15.7. The number of amides is 4. The number of hydrogen-bond acceptors (Lipinski definition) is 9. The molecule has 4 fully saturated rings. The molecule has 5 heterocycles. The summed E-state index contributed by atoms with van der Waals surface area (Å²) in [4.78, 5) is 58.1. The lowest BCUT2D eigenvalue weighted by Crippen LogP contribution is -2.76. The second-order valence-corrected chi connectivity index (χ2v) is 14.0. The molecule has 2 aromatic carbocycles. The summed E-state index contributed by atoms with van der Waals surface area (Å²) >= 11 is 0. The number of nitrogens with zero attached hydrogens (tertiary/aromatic N) is 8. The van der Waals surface area contributed by atoms with Gasteiger partial charge in [-0.15, -0.1) is 6.58 Å². The standard InChI is InChI=1S/C39H49N9O4/c1-3-17-46-28-37(50)47-34(22-29-13-15-33(49)16-14-29)38(51)45(27-36(47)48(46)39(52)40-23-30-9-6-5-7-10-30)24-31-11-8-12-35(41-31)44-25-32(26-44)43-20-18-42(4-2)19-21-43/h3,5-16,32,34,36,49H,1,4,17-28H2,2H3,(H,40,52)/t34-,36-/m0/s1. The first-order chi connectivity index (χ1) is 25.3. The zero-order chi connectivity index (χ0) is 36.2. The van der Waals surface area contributed by atoms with Gasteiger partial charge in [-0.25, -0.2) is 19.8 Å². The maximum Gasteiger partial charge on any atom is 0.334 e. The van der Waals surface area contributed by atoms with Crippen molar-refractivity contribution >= 4 is 23.7 Å². The zero-order valence-electron chi connectivity index (χ0n) is 29.9. The van der Waals surface area contributed by atoms with E-state index in [0.717, 1.165) is 68.5 Å². The van der Waals surface area contributed by atoms with Crippen LogP contribution in [-0.2, 0) is 29.1 Å². The summed E-state index contributed by atoms with van der Waals surface area (Å²) in [7, 11) is 0. The van der Waals surface area contributed by atoms with Crippen molar-refractivity contribution in [3.8, 4) is 5.75 Å². The lowest BCUT2D eigenvalue weighted by atomic mass is 9.98. The number of fused-ring (bicyclic) bond motifs is 1. The summed E-state index contributed by atoms with van der Waals surface area (Å²) in [6, 6.07) is 21.5. The molecule has 0 bridgehead atoms. The molecule has 0 aliphatic carbocycles. The number of urea groups is 1. The van der Waals surface area contributed by atoms with Crippen LogP contribution >= 0.6 is 0 Å². The van der Waals surface area contributed by atoms with Crippen molar-refractivity contribution in [3.05, 3.63) is 102 Å². The molecule has 13 heteroatoms. The molecule has 4 saturated heterocycles. The quantitative estimate of drug-likeness (QED) is 0.290. The summed E-state index contributed by atoms with van der Waals surface area (Å²) in [5, 5.41) is 16.2. The van der Waals surface area contributed by atoms with Gasteiger partial charge in [-0.1, -0.05) is 61.5 Å². The van der Waals surface area contributed by atoms with Crippen molar-refractivity contribution in [2.45, 2.75) is 44.7 Å². The van der Waals surface area contributed by atoms with E-state index in [4.69, 9.17) is 4.98 Å². The molecule has 52 heavy (non-hydrogen) atoms. The summed E-state index contributed by atoms with van der Waals surface area (Å²) in [5.74, 6) is 0.563. The first-order valence-electron chi connectivity index (χ1n) is 18.3. The van der Waals surface area contributed by atoms with Gasteiger partial charge < -0.3 is 30.0 Å². The van der Waals surface area contributed by atoms with Gasteiger partial charge in [0.1, 0.15) is 23.8 Å². The number of hydrazine groups is 1. The molecule has 2 N–H and O–H groups in total. The van der Waals surface area contributed by atoms with Crippen LogP contribution in [0.3, 0.4) is 0 Å². The normalized spacial score (nSPS) is 21.9. The topological polar surface area (TPSA) is 119 Å². The van der Waals surface area contributed by atoms with Gasteiger partial charge in [0.15, 0.2) is 0 Å². The largest absolute Gasteiger partial charge is 0.508 e. The minimum atomic E-state index is -0.862. The number of rotatable bonds is 11. The van der Waals surface area contributed by atoms with E-state index >= 15 is 0 Å². The van der Waals surface area contributed by atoms with Crippen LogP contribution in [0.5, 0.6) is 5.75 Å². The van der Waals surface area contributed by atoms with Crippen LogP contribution in [0.4, 0.5) is 10.6 Å². The van der Waals surface area contributed by atoms with Crippen molar-refractivity contribution in [3.63, 3.8) is 0 Å². The van der Waals surface area contributed by atoms with E-state index < -0.39 is 12.2 Å². The van der Waals surface area contributed by atoms with E-state index in [1.165, 1.54) is 0 Å². The molecule has 4 amide bonds. The molecular formula is C39H49N9O4. The first-order valence-corrected chi connectivity index (χ1v) is 18.3. The Hall–Kier alpha value is -4.98. The number of phenols is 1. The van der Waals surface area contributed by atoms with Crippen molar-refractivity contribution in [1.82, 2.24) is 39.9 Å². The summed E-state index contributed by atoms with van der Waals surface area (Å²) < 4.78 is 0. The van der Waals surface area contributed by atoms with Crippen LogP contribution in [0.15, 0.2) is 85.5 Å². The van der Waals surface area contributed by atoms with E-state index in [9.17, 15) is 19.5 Å². The van der Waals surface area contributed by atoms with Crippen LogP contribution < -0.4 is 10.2 Å². The molecule has 0 unspecified atom stereocenters. The number of benzene rings is 2. The molecule has 274 valence electrons. The number of aromatic hydroxyl groups is 1. The lowest BCUT2D eigenvalue weighted by Gasteiger charge is -2.55. The monoisotopic (exact) mass is 707 g/mol. The fourth-order valence-corrected chi connectivity index (χ4v) is 7.80. The number of aromatic nitrogens is 1. The zero-order valence-corrected chi connectivity index (χ0v) is 29.9. The Labute approximate surface area is 305 Å². The van der Waals surface area contributed by atoms with Gasteiger partial charge in [0, 0.05) is 64.8 Å². The highest BCUT2D eigenvalue weighted by Crippen LogP contribution is 2.30. The highest BCUT2D eigenvalue weighted by atomic mass is 16.3. The Morgan fingerprint density at radius 3 is 2.40 bits per heavy atom. The lowest BCUT2D eigenvalue weighted by molar-refractivity contribution is -0.189. The second-order valence-electron chi connectivity index (χ2n) is 14.0. The van der Waals surface area contributed by atoms with Crippen LogP contribution in [-0.4, -0.2) is 141 Å². The average molecular weight is 708 g/mol. The number of pyridine rings is 1. The van der Waals surface area contributed by atoms with Gasteiger partial charge in [-0.3, -0.25) is 14.5 Å². The minimum absolute atomic E-state index is 0.0741. The number of hydrogen-bond donors (Lipinski definition) is 2. The van der Waals surface area contributed by atoms with Gasteiger partial charge in [0.25, 0.3) is 0 Å². The van der Waals surface area contributed by atoms with E-state index in [-0.39, 0.29) is 56.2 Å². The number of carbonyl (C=O) groups is 3. The van der Waals surface area contributed by atoms with Crippen LogP contribution in [0.2, 0.25) is 0 Å². The SMILES string of the molecule is C=CCN1CC(=O)N2[C@@H](Cc3ccc(O)cc3)C(=O)N(Cc3cccc(N4CC(N5CCN(CC)CC5)C4)n3)C[C@@H]2N1C(=O)NCc1ccccc1. The number of phenolic OH excluding ortho intramolecular Hbond substituents is 1. The number of likely N-dealkylation sites (N-methyl/N-ethyl adjacent to an activating group) is 1. The molecule has 1 aromatic heterocycles. The fourth-order valence-electron chi connectivity index (χ4n) is 7.80. The van der Waals surface area contributed by atoms with Crippen molar-refractivity contribution in [1.29, 1.82) is 0 Å². The van der Waals surface area contributed by atoms with Gasteiger partial charge in [0.05, 0.1) is 25.3 Å². The molecule has 2 atom stereocenters. The molecule has 7 rings (SSSR count). The summed E-state index contributed by atoms with van der Waals surface area (Å²) in [6.45, 7) is 14.3. The minimum Gasteiger partial charge on any atom is -0.508 e. The first kappa shape index (κ1) is 35.4. The highest BCUT2D eigenvalue weighted by molar-refractivity contribution is 5.91. The smallest absolute Gasteiger partial charge is 0.334 e. The van der Waals surface area contributed by atoms with Crippen LogP contribution in [0.25, 0.3) is 0 Å². The van der Waals surface area contributed by atoms with Crippen LogP contribution in [0, 0.1) is 0 Å². The van der Waals surface area contributed by atoms with E-state index in [0.29, 0.717) is 12.6 Å². The van der Waals surface area contributed by atoms with Gasteiger partial charge in [0.2, 0.25) is 11.8 Å². The molecule has 4 aliphatic rings. The van der Waals surface area contributed by atoms with Crippen LogP contribution in [0.1, 0.15) is 23.7 Å². The third kappa shape index (κ3) is 7.62. The Morgan fingerprint density at radius 1 is 0.942 bits per heavy atom. The number of nitrogens with one attached hydrogen (secondary N) is 1. The van der Waals surface area contributed by atoms with Crippen molar-refractivity contribution in [2.24, 2.45) is 0 Å². The third-order valence-electron chi connectivity index (χ3n) is 10.7. The summed E-state index contributed by atoms with van der Waals surface area (Å²) in [6.07, 6.45) is 1.14. The Morgan fingerprint density at radius 2 is 1.69 bits per heavy atom. The number of piperazine rings is 2. The molecule has 0 radical (unpaired) electrons. The Kier molecular flexibility index (Phi) is 10.7. The van der Waals surface area contributed by atoms with E-state index in [2.05, 4.69) is 33.5 Å². The van der Waals surface area contributed by atoms with Crippen molar-refractivity contribution < 1.29 is 19.5 Å². The molecule has 0 saturated carbocycles. The number of anilines is 1. The molecule has 13 nitrogen and oxygen atoms in total. The van der Waals surface area contributed by atoms with Crippen molar-refractivity contribution in [2.75, 3.05) is 70.3 Å². The molecule has 3 aromatic rings.